The van der Waals surface area contributed by atoms with E-state index in [4.69, 9.17) is 4.74 Å². The zero-order valence-corrected chi connectivity index (χ0v) is 10.9. The average Bonchev–Trinajstić information content (AvgIpc) is 2.17. The van der Waals surface area contributed by atoms with Crippen LogP contribution in [-0.4, -0.2) is 29.9 Å². The van der Waals surface area contributed by atoms with E-state index in [0.29, 0.717) is 0 Å². The van der Waals surface area contributed by atoms with Crippen molar-refractivity contribution in [3.05, 3.63) is 0 Å². The van der Waals surface area contributed by atoms with Crippen LogP contribution in [0.1, 0.15) is 40.0 Å². The number of rotatable bonds is 2. The van der Waals surface area contributed by atoms with Crippen molar-refractivity contribution < 1.29 is 23.1 Å². The molecule has 1 atom stereocenters. The van der Waals surface area contributed by atoms with Gasteiger partial charge in [-0.2, -0.15) is 0 Å². The third-order valence-corrected chi connectivity index (χ3v) is 2.63. The molecule has 0 radical (unpaired) electrons. The largest absolute Gasteiger partial charge is 0.444 e. The predicted octanol–water partition coefficient (Wildman–Crippen LogP) is 2.52. The van der Waals surface area contributed by atoms with Crippen LogP contribution < -0.4 is 5.32 Å². The van der Waals surface area contributed by atoms with Crippen LogP contribution in [0, 0.1) is 5.92 Å². The number of hydrogen-bond donors (Lipinski definition) is 1. The maximum absolute atomic E-state index is 13.1. The van der Waals surface area contributed by atoms with Crippen molar-refractivity contribution in [2.24, 2.45) is 5.92 Å². The van der Waals surface area contributed by atoms with Crippen LogP contribution in [0.2, 0.25) is 0 Å². The minimum atomic E-state index is -2.81. The zero-order chi connectivity index (χ0) is 14.0. The summed E-state index contributed by atoms with van der Waals surface area (Å²) < 4.78 is 31.2. The second-order valence-electron chi connectivity index (χ2n) is 5.61. The van der Waals surface area contributed by atoms with Gasteiger partial charge in [0, 0.05) is 31.7 Å². The Morgan fingerprint density at radius 2 is 2.11 bits per heavy atom. The lowest BCUT2D eigenvalue weighted by atomic mass is 9.85. The maximum atomic E-state index is 13.1. The lowest BCUT2D eigenvalue weighted by Gasteiger charge is -2.28. The first-order valence-corrected chi connectivity index (χ1v) is 5.96. The normalized spacial score (nSPS) is 23.6. The second kappa shape index (κ2) is 5.20. The zero-order valence-electron chi connectivity index (χ0n) is 10.9. The summed E-state index contributed by atoms with van der Waals surface area (Å²) in [5.41, 5.74) is -0.648. The van der Waals surface area contributed by atoms with E-state index in [1.54, 1.807) is 20.8 Å². The maximum Gasteiger partial charge on any atom is 0.407 e. The van der Waals surface area contributed by atoms with Crippen molar-refractivity contribution in [3.63, 3.8) is 0 Å². The third-order valence-electron chi connectivity index (χ3n) is 2.63. The molecular formula is C12H19F2NO3. The van der Waals surface area contributed by atoms with Crippen molar-refractivity contribution >= 4 is 11.9 Å². The number of amides is 1. The van der Waals surface area contributed by atoms with Crippen molar-refractivity contribution in [2.75, 3.05) is 6.54 Å². The Labute approximate surface area is 105 Å². The molecule has 0 bridgehead atoms. The van der Waals surface area contributed by atoms with Gasteiger partial charge in [-0.05, 0) is 20.8 Å². The third kappa shape index (κ3) is 4.98. The molecule has 104 valence electrons. The smallest absolute Gasteiger partial charge is 0.407 e. The van der Waals surface area contributed by atoms with Gasteiger partial charge >= 0.3 is 6.09 Å². The molecule has 18 heavy (non-hydrogen) atoms. The Hall–Kier alpha value is -1.20. The average molecular weight is 263 g/mol. The van der Waals surface area contributed by atoms with Crippen LogP contribution >= 0.6 is 0 Å². The Bertz CT molecular complexity index is 337. The molecule has 1 aliphatic carbocycles. The first kappa shape index (κ1) is 14.9. The van der Waals surface area contributed by atoms with Crippen LogP contribution in [0.4, 0.5) is 13.6 Å². The summed E-state index contributed by atoms with van der Waals surface area (Å²) in [5, 5.41) is 2.36. The fourth-order valence-corrected chi connectivity index (χ4v) is 1.79. The molecule has 1 aliphatic rings. The fraction of sp³-hybridized carbons (Fsp3) is 0.833. The van der Waals surface area contributed by atoms with Gasteiger partial charge in [0.2, 0.25) is 5.92 Å². The molecule has 0 spiro atoms. The van der Waals surface area contributed by atoms with Gasteiger partial charge in [0.15, 0.2) is 0 Å². The summed E-state index contributed by atoms with van der Waals surface area (Å²) in [6.45, 7) is 5.01. The van der Waals surface area contributed by atoms with Crippen LogP contribution in [0.3, 0.4) is 0 Å². The molecule has 1 unspecified atom stereocenters. The van der Waals surface area contributed by atoms with E-state index in [0.717, 1.165) is 0 Å². The van der Waals surface area contributed by atoms with Gasteiger partial charge in [0.05, 0.1) is 0 Å². The minimum Gasteiger partial charge on any atom is -0.444 e. The van der Waals surface area contributed by atoms with Gasteiger partial charge in [-0.25, -0.2) is 13.6 Å². The number of Topliss-reactive ketones (excluding diaryl/α,β-unsaturated/α-hetero) is 1. The number of carbonyl (C=O) groups is 2. The second-order valence-corrected chi connectivity index (χ2v) is 5.61. The molecule has 0 heterocycles. The van der Waals surface area contributed by atoms with Crippen molar-refractivity contribution in [1.29, 1.82) is 0 Å². The standard InChI is InChI=1S/C12H19F2NO3/c1-11(2,3)18-10(17)15-7-8-6-12(13,14)5-4-9(8)16/h8H,4-7H2,1-3H3,(H,15,17). The van der Waals surface area contributed by atoms with Gasteiger partial charge in [-0.15, -0.1) is 0 Å². The van der Waals surface area contributed by atoms with E-state index in [2.05, 4.69) is 5.32 Å². The monoisotopic (exact) mass is 263 g/mol. The number of ketones is 1. The van der Waals surface area contributed by atoms with E-state index in [9.17, 15) is 18.4 Å². The summed E-state index contributed by atoms with van der Waals surface area (Å²) >= 11 is 0. The number of carbonyl (C=O) groups excluding carboxylic acids is 2. The highest BCUT2D eigenvalue weighted by molar-refractivity contribution is 5.82. The molecule has 1 amide bonds. The van der Waals surface area contributed by atoms with Crippen LogP contribution in [0.15, 0.2) is 0 Å². The van der Waals surface area contributed by atoms with Crippen molar-refractivity contribution in [3.8, 4) is 0 Å². The molecule has 1 rings (SSSR count). The Morgan fingerprint density at radius 3 is 2.67 bits per heavy atom. The Balaban J connectivity index is 2.42. The van der Waals surface area contributed by atoms with Gasteiger partial charge in [-0.3, -0.25) is 4.79 Å². The highest BCUT2D eigenvalue weighted by atomic mass is 19.3. The summed E-state index contributed by atoms with van der Waals surface area (Å²) in [4.78, 5) is 22.8. The molecule has 0 aliphatic heterocycles. The molecule has 4 nitrogen and oxygen atoms in total. The van der Waals surface area contributed by atoms with Crippen molar-refractivity contribution in [2.45, 2.75) is 51.6 Å². The topological polar surface area (TPSA) is 55.4 Å². The summed E-state index contributed by atoms with van der Waals surface area (Å²) in [6, 6.07) is 0. The van der Waals surface area contributed by atoms with Crippen LogP contribution in [0.5, 0.6) is 0 Å². The van der Waals surface area contributed by atoms with Crippen LogP contribution in [-0.2, 0) is 9.53 Å². The predicted molar refractivity (Wildman–Crippen MR) is 61.5 cm³/mol. The molecule has 1 N–H and O–H groups in total. The van der Waals surface area contributed by atoms with Gasteiger partial charge in [-0.1, -0.05) is 0 Å². The molecule has 0 aromatic carbocycles. The van der Waals surface area contributed by atoms with Crippen LogP contribution in [0.25, 0.3) is 0 Å². The molecule has 1 saturated carbocycles. The Kier molecular flexibility index (Phi) is 4.29. The number of alkyl carbamates (subject to hydrolysis) is 1. The molecule has 6 heteroatoms. The van der Waals surface area contributed by atoms with Gasteiger partial charge < -0.3 is 10.1 Å². The van der Waals surface area contributed by atoms with E-state index >= 15 is 0 Å². The molecule has 1 fully saturated rings. The van der Waals surface area contributed by atoms with E-state index < -0.39 is 36.4 Å². The first-order valence-electron chi connectivity index (χ1n) is 5.96. The van der Waals surface area contributed by atoms with E-state index in [1.807, 2.05) is 0 Å². The lowest BCUT2D eigenvalue weighted by molar-refractivity contribution is -0.134. The number of hydrogen-bond acceptors (Lipinski definition) is 3. The van der Waals surface area contributed by atoms with Gasteiger partial charge in [0.1, 0.15) is 11.4 Å². The minimum absolute atomic E-state index is 0.0939. The molecular weight excluding hydrogens is 244 g/mol. The summed E-state index contributed by atoms with van der Waals surface area (Å²) in [6.07, 6.45) is -1.71. The number of nitrogens with one attached hydrogen (secondary N) is 1. The summed E-state index contributed by atoms with van der Waals surface area (Å²) in [7, 11) is 0. The molecule has 0 aromatic rings. The van der Waals surface area contributed by atoms with Crippen molar-refractivity contribution in [1.82, 2.24) is 5.32 Å². The highest BCUT2D eigenvalue weighted by Gasteiger charge is 2.40. The SMILES string of the molecule is CC(C)(C)OC(=O)NCC1CC(F)(F)CCC1=O. The molecule has 0 aromatic heterocycles. The molecule has 0 saturated heterocycles. The van der Waals surface area contributed by atoms with Gasteiger partial charge in [0.25, 0.3) is 0 Å². The van der Waals surface area contributed by atoms with E-state index in [1.165, 1.54) is 0 Å². The highest BCUT2D eigenvalue weighted by Crippen LogP contribution is 2.34. The fourth-order valence-electron chi connectivity index (χ4n) is 1.79. The quantitative estimate of drug-likeness (QED) is 0.832. The Morgan fingerprint density at radius 1 is 1.50 bits per heavy atom. The number of alkyl halides is 2. The van der Waals surface area contributed by atoms with E-state index in [-0.39, 0.29) is 18.7 Å². The number of ether oxygens (including phenoxy) is 1. The lowest BCUT2D eigenvalue weighted by Crippen LogP contribution is -2.41. The number of halogens is 2. The first-order chi connectivity index (χ1) is 8.09. The summed E-state index contributed by atoms with van der Waals surface area (Å²) in [5.74, 6) is -3.85.